The molecule has 0 N–H and O–H groups in total. The molecule has 0 amide bonds. The smallest absolute Gasteiger partial charge is 0.266 e. The molecule has 0 unspecified atom stereocenters. The molecule has 0 aliphatic carbocycles. The zero-order valence-electron chi connectivity index (χ0n) is 25.7. The molecule has 2 aliphatic heterocycles. The van der Waals surface area contributed by atoms with Crippen LogP contribution in [0.15, 0.2) is 145 Å². The number of aromatic nitrogens is 2. The van der Waals surface area contributed by atoms with Crippen molar-refractivity contribution in [2.45, 2.75) is 6.92 Å². The minimum absolute atomic E-state index is 0.218. The number of hydrogen-bond acceptors (Lipinski definition) is 1. The molecule has 45 heavy (non-hydrogen) atoms. The summed E-state index contributed by atoms with van der Waals surface area (Å²) in [5.74, 6) is 0. The Morgan fingerprint density at radius 1 is 0.578 bits per heavy atom. The predicted octanol–water partition coefficient (Wildman–Crippen LogP) is 8.81. The van der Waals surface area contributed by atoms with Crippen LogP contribution in [0.4, 0.5) is 5.69 Å². The zero-order chi connectivity index (χ0) is 30.2. The first kappa shape index (κ1) is 26.0. The molecule has 0 atom stereocenters. The van der Waals surface area contributed by atoms with Crippen molar-refractivity contribution in [2.24, 2.45) is 7.05 Å². The number of hydrogen-bond donors (Lipinski definition) is 0. The van der Waals surface area contributed by atoms with Gasteiger partial charge < -0.3 is 9.47 Å². The third-order valence-electron chi connectivity index (χ3n) is 10.00. The van der Waals surface area contributed by atoms with E-state index >= 15 is 0 Å². The standard InChI is InChI=1S/C41H32BN3/c1-27-30(32-25-35(28-15-6-4-7-16-28)42-34-21-10-11-22-36(34)43(2)40(32)42)19-14-20-31(27)33-26-39(29-17-8-5-9-18-29)45-38-24-13-12-23-37(38)44(3)41(33)45/h4-26H,1-3H3. The van der Waals surface area contributed by atoms with E-state index in [0.717, 1.165) is 0 Å². The molecule has 0 spiro atoms. The second-order valence-electron chi connectivity index (χ2n) is 12.3. The van der Waals surface area contributed by atoms with E-state index in [0.29, 0.717) is 0 Å². The van der Waals surface area contributed by atoms with Crippen molar-refractivity contribution < 1.29 is 0 Å². The van der Waals surface area contributed by atoms with Crippen LogP contribution in [0, 0.1) is 6.92 Å². The summed E-state index contributed by atoms with van der Waals surface area (Å²) in [4.78, 5) is 2.42. The predicted molar refractivity (Wildman–Crippen MR) is 191 cm³/mol. The van der Waals surface area contributed by atoms with Gasteiger partial charge in [-0.15, -0.1) is 0 Å². The summed E-state index contributed by atoms with van der Waals surface area (Å²) in [6.07, 6.45) is 2.45. The van der Waals surface area contributed by atoms with Gasteiger partial charge in [0.15, 0.2) is 0 Å². The Kier molecular flexibility index (Phi) is 5.64. The molecule has 4 heterocycles. The Hall–Kier alpha value is -5.48. The van der Waals surface area contributed by atoms with Gasteiger partial charge >= 0.3 is 0 Å². The lowest BCUT2D eigenvalue weighted by Crippen LogP contribution is -2.29. The minimum Gasteiger partial charge on any atom is -0.356 e. The van der Waals surface area contributed by atoms with Gasteiger partial charge in [0.25, 0.3) is 6.71 Å². The van der Waals surface area contributed by atoms with Gasteiger partial charge in [0.2, 0.25) is 0 Å². The van der Waals surface area contributed by atoms with Crippen LogP contribution < -0.4 is 10.4 Å². The van der Waals surface area contributed by atoms with Gasteiger partial charge in [0.1, 0.15) is 5.65 Å². The fourth-order valence-electron chi connectivity index (χ4n) is 7.93. The average molecular weight is 578 g/mol. The monoisotopic (exact) mass is 577 g/mol. The van der Waals surface area contributed by atoms with Crippen molar-refractivity contribution in [1.29, 1.82) is 0 Å². The third-order valence-corrected chi connectivity index (χ3v) is 10.00. The Morgan fingerprint density at radius 2 is 1.22 bits per heavy atom. The van der Waals surface area contributed by atoms with Crippen molar-refractivity contribution in [2.75, 3.05) is 11.9 Å². The van der Waals surface area contributed by atoms with E-state index in [1.54, 1.807) is 0 Å². The van der Waals surface area contributed by atoms with Gasteiger partial charge in [0.05, 0.1) is 16.7 Å². The first-order valence-electron chi connectivity index (χ1n) is 15.7. The number of para-hydroxylation sites is 3. The van der Waals surface area contributed by atoms with Crippen LogP contribution in [-0.4, -0.2) is 22.7 Å². The Balaban J connectivity index is 1.30. The summed E-state index contributed by atoms with van der Waals surface area (Å²) in [6.45, 7) is 2.52. The number of aryl methyl sites for hydroxylation is 1. The number of rotatable bonds is 4. The minimum atomic E-state index is 0.218. The van der Waals surface area contributed by atoms with Gasteiger partial charge in [-0.1, -0.05) is 121 Å². The Morgan fingerprint density at radius 3 is 2.00 bits per heavy atom. The number of benzene rings is 5. The fourth-order valence-corrected chi connectivity index (χ4v) is 7.93. The summed E-state index contributed by atoms with van der Waals surface area (Å²) in [7, 11) is 4.43. The molecule has 0 saturated heterocycles. The van der Waals surface area contributed by atoms with Gasteiger partial charge in [-0.2, -0.15) is 0 Å². The lowest BCUT2D eigenvalue weighted by molar-refractivity contribution is 0.995. The van der Waals surface area contributed by atoms with E-state index in [4.69, 9.17) is 0 Å². The molecule has 3 nitrogen and oxygen atoms in total. The van der Waals surface area contributed by atoms with Crippen LogP contribution in [-0.2, 0) is 7.05 Å². The maximum atomic E-state index is 2.45. The molecule has 9 rings (SSSR count). The molecule has 5 aromatic carbocycles. The number of imidazole rings is 1. The van der Waals surface area contributed by atoms with Gasteiger partial charge in [-0.3, -0.25) is 4.40 Å². The van der Waals surface area contributed by atoms with Gasteiger partial charge in [-0.05, 0) is 70.0 Å². The maximum Gasteiger partial charge on any atom is 0.266 e. The third kappa shape index (κ3) is 3.66. The number of fused-ring (bicyclic) bond motifs is 6. The number of nitrogens with zero attached hydrogens (tertiary/aromatic N) is 3. The summed E-state index contributed by atoms with van der Waals surface area (Å²) in [6, 6.07) is 48.5. The van der Waals surface area contributed by atoms with E-state index in [1.807, 2.05) is 0 Å². The van der Waals surface area contributed by atoms with Crippen molar-refractivity contribution in [1.82, 2.24) is 8.97 Å². The van der Waals surface area contributed by atoms with E-state index in [2.05, 4.69) is 174 Å². The second-order valence-corrected chi connectivity index (χ2v) is 12.3. The van der Waals surface area contributed by atoms with E-state index in [9.17, 15) is 0 Å². The van der Waals surface area contributed by atoms with Gasteiger partial charge in [-0.25, -0.2) is 0 Å². The van der Waals surface area contributed by atoms with Crippen LogP contribution in [0.25, 0.3) is 50.1 Å². The molecule has 214 valence electrons. The van der Waals surface area contributed by atoms with Crippen LogP contribution in [0.5, 0.6) is 0 Å². The number of allylic oxidation sites excluding steroid dienone is 2. The SMILES string of the molecule is Cc1c(C2=C3B(C(c4ccccc4)=C2)c2ccccc2N3C)cccc1-c1cc(-c2ccccc2)n2c3ccccc3n(C)c12. The molecule has 2 aromatic heterocycles. The van der Waals surface area contributed by atoms with E-state index in [1.165, 1.54) is 83.5 Å². The first-order chi connectivity index (χ1) is 22.1. The molecular formula is C41H32BN3. The lowest BCUT2D eigenvalue weighted by Gasteiger charge is -2.20. The topological polar surface area (TPSA) is 12.6 Å². The van der Waals surface area contributed by atoms with Crippen LogP contribution in [0.3, 0.4) is 0 Å². The molecular weight excluding hydrogens is 545 g/mol. The summed E-state index contributed by atoms with van der Waals surface area (Å²) < 4.78 is 4.79. The fraction of sp³-hybridized carbons (Fsp3) is 0.0732. The van der Waals surface area contributed by atoms with Crippen LogP contribution in [0.1, 0.15) is 16.7 Å². The highest BCUT2D eigenvalue weighted by Crippen LogP contribution is 2.46. The van der Waals surface area contributed by atoms with Crippen molar-refractivity contribution in [3.63, 3.8) is 0 Å². The van der Waals surface area contributed by atoms with E-state index in [-0.39, 0.29) is 6.71 Å². The normalized spacial score (nSPS) is 14.1. The Labute approximate surface area is 264 Å². The molecule has 7 aromatic rings. The summed E-state index contributed by atoms with van der Waals surface area (Å²) >= 11 is 0. The lowest BCUT2D eigenvalue weighted by atomic mass is 9.40. The highest BCUT2D eigenvalue weighted by Gasteiger charge is 2.43. The Bertz CT molecular complexity index is 2360. The molecule has 0 bridgehead atoms. The molecule has 0 radical (unpaired) electrons. The summed E-state index contributed by atoms with van der Waals surface area (Å²) in [5.41, 5.74) is 19.2. The summed E-state index contributed by atoms with van der Waals surface area (Å²) in [5, 5.41) is 0. The second kappa shape index (κ2) is 9.77. The highest BCUT2D eigenvalue weighted by atomic mass is 15.1. The van der Waals surface area contributed by atoms with Crippen molar-refractivity contribution >= 4 is 45.6 Å². The highest BCUT2D eigenvalue weighted by molar-refractivity contribution is 7.00. The number of anilines is 1. The van der Waals surface area contributed by atoms with Crippen LogP contribution in [0.2, 0.25) is 0 Å². The molecule has 2 aliphatic rings. The quantitative estimate of drug-likeness (QED) is 0.191. The molecule has 0 saturated carbocycles. The van der Waals surface area contributed by atoms with Crippen LogP contribution >= 0.6 is 0 Å². The van der Waals surface area contributed by atoms with Gasteiger partial charge in [0, 0.05) is 30.9 Å². The average Bonchev–Trinajstić information content (AvgIpc) is 3.82. The zero-order valence-corrected chi connectivity index (χ0v) is 25.7. The molecule has 0 fully saturated rings. The van der Waals surface area contributed by atoms with Crippen molar-refractivity contribution in [3.05, 3.63) is 162 Å². The molecule has 4 heteroatoms. The van der Waals surface area contributed by atoms with E-state index < -0.39 is 0 Å². The first-order valence-corrected chi connectivity index (χ1v) is 15.7. The largest absolute Gasteiger partial charge is 0.356 e. The van der Waals surface area contributed by atoms with Crippen molar-refractivity contribution in [3.8, 4) is 22.4 Å². The maximum absolute atomic E-state index is 2.45.